The zero-order valence-electron chi connectivity index (χ0n) is 25.3. The summed E-state index contributed by atoms with van der Waals surface area (Å²) in [5.74, 6) is -1.41. The Labute approximate surface area is 256 Å². The van der Waals surface area contributed by atoms with E-state index < -0.39 is 36.5 Å². The summed E-state index contributed by atoms with van der Waals surface area (Å²) >= 11 is 0. The highest BCUT2D eigenvalue weighted by Gasteiger charge is 2.50. The molecule has 0 saturated heterocycles. The van der Waals surface area contributed by atoms with Crippen molar-refractivity contribution in [2.24, 2.45) is 5.92 Å². The minimum atomic E-state index is -4.28. The van der Waals surface area contributed by atoms with Gasteiger partial charge in [0.05, 0.1) is 15.5 Å². The summed E-state index contributed by atoms with van der Waals surface area (Å²) in [6.07, 6.45) is 8.64. The SMILES string of the molecule is CCCC[C@H]1C=C(C)C2=C(C)C=C(C)C=C(C)C2=C2C(=O)[C@@H](S(=O)(=O)c3ccccc3)C(CS(=O)(=O)c3ccccc3)=C21. The molecule has 224 valence electrons. The van der Waals surface area contributed by atoms with Crippen LogP contribution in [-0.4, -0.2) is 33.6 Å². The van der Waals surface area contributed by atoms with Crippen LogP contribution in [0.25, 0.3) is 0 Å². The van der Waals surface area contributed by atoms with Crippen molar-refractivity contribution in [2.75, 3.05) is 5.75 Å². The molecule has 0 spiro atoms. The first-order valence-corrected chi connectivity index (χ1v) is 17.9. The lowest BCUT2D eigenvalue weighted by Crippen LogP contribution is -2.32. The molecule has 0 heterocycles. The molecular formula is C36H38O5S2. The standard InChI is InChI=1S/C36H38O5S2/c1-6-7-14-27-21-26(5)31-24(3)19-23(2)20-25(4)32(31)34-33(27)30(22-42(38,39)28-15-10-8-11-16-28)36(35(34)37)43(40,41)29-17-12-9-13-18-29/h8-13,15-21,27,36H,6-7,14,22H2,1-5H3/t27-,36-/m0/s1. The third kappa shape index (κ3) is 5.61. The minimum Gasteiger partial charge on any atom is -0.292 e. The zero-order chi connectivity index (χ0) is 31.1. The van der Waals surface area contributed by atoms with Gasteiger partial charge in [-0.3, -0.25) is 4.79 Å². The van der Waals surface area contributed by atoms with Crippen LogP contribution in [0.3, 0.4) is 0 Å². The second-order valence-corrected chi connectivity index (χ2v) is 15.8. The van der Waals surface area contributed by atoms with Crippen molar-refractivity contribution in [3.63, 3.8) is 0 Å². The minimum absolute atomic E-state index is 0.0000342. The van der Waals surface area contributed by atoms with Gasteiger partial charge in [0, 0.05) is 11.5 Å². The summed E-state index contributed by atoms with van der Waals surface area (Å²) in [6, 6.07) is 15.9. The summed E-state index contributed by atoms with van der Waals surface area (Å²) in [5.41, 5.74) is 6.57. The van der Waals surface area contributed by atoms with E-state index in [9.17, 15) is 21.6 Å². The maximum Gasteiger partial charge on any atom is 0.192 e. The number of carbonyl (C=O) groups is 1. The molecule has 0 aromatic heterocycles. The van der Waals surface area contributed by atoms with E-state index in [1.54, 1.807) is 36.4 Å². The highest BCUT2D eigenvalue weighted by Crippen LogP contribution is 2.50. The fourth-order valence-corrected chi connectivity index (χ4v) is 10.1. The second kappa shape index (κ2) is 11.9. The van der Waals surface area contributed by atoms with Crippen molar-refractivity contribution in [3.8, 4) is 0 Å². The van der Waals surface area contributed by atoms with Gasteiger partial charge >= 0.3 is 0 Å². The highest BCUT2D eigenvalue weighted by molar-refractivity contribution is 7.93. The number of allylic oxidation sites excluding steroid dienone is 11. The first-order chi connectivity index (χ1) is 20.4. The lowest BCUT2D eigenvalue weighted by molar-refractivity contribution is -0.114. The van der Waals surface area contributed by atoms with Crippen molar-refractivity contribution in [1.82, 2.24) is 0 Å². The van der Waals surface area contributed by atoms with E-state index in [2.05, 4.69) is 19.1 Å². The normalized spacial score (nSPS) is 21.1. The number of Topliss-reactive ketones (excluding diaryl/α,β-unsaturated/α-hetero) is 1. The average Bonchev–Trinajstić information content (AvgIpc) is 3.08. The number of rotatable bonds is 8. The molecule has 0 saturated carbocycles. The van der Waals surface area contributed by atoms with Gasteiger partial charge < -0.3 is 0 Å². The van der Waals surface area contributed by atoms with Crippen LogP contribution in [0.1, 0.15) is 53.9 Å². The second-order valence-electron chi connectivity index (χ2n) is 11.7. The number of fused-ring (bicyclic) bond motifs is 2. The molecule has 2 atom stereocenters. The summed E-state index contributed by atoms with van der Waals surface area (Å²) in [6.45, 7) is 10.1. The summed E-state index contributed by atoms with van der Waals surface area (Å²) < 4.78 is 56.7. The van der Waals surface area contributed by atoms with E-state index in [0.29, 0.717) is 23.1 Å². The quantitative estimate of drug-likeness (QED) is 0.308. The van der Waals surface area contributed by atoms with Crippen LogP contribution in [0, 0.1) is 5.92 Å². The van der Waals surface area contributed by atoms with E-state index >= 15 is 0 Å². The zero-order valence-corrected chi connectivity index (χ0v) is 27.0. The summed E-state index contributed by atoms with van der Waals surface area (Å²) in [5, 5.41) is -1.63. The highest BCUT2D eigenvalue weighted by atomic mass is 32.2. The Morgan fingerprint density at radius 3 is 1.93 bits per heavy atom. The molecule has 3 aliphatic rings. The van der Waals surface area contributed by atoms with Gasteiger partial charge in [-0.1, -0.05) is 80.0 Å². The summed E-state index contributed by atoms with van der Waals surface area (Å²) in [4.78, 5) is 14.9. The Bertz CT molecular complexity index is 1880. The largest absolute Gasteiger partial charge is 0.292 e. The van der Waals surface area contributed by atoms with Crippen molar-refractivity contribution < 1.29 is 21.6 Å². The predicted molar refractivity (Wildman–Crippen MR) is 172 cm³/mol. The van der Waals surface area contributed by atoms with Crippen LogP contribution in [0.2, 0.25) is 0 Å². The van der Waals surface area contributed by atoms with Gasteiger partial charge in [-0.2, -0.15) is 0 Å². The molecule has 0 radical (unpaired) electrons. The van der Waals surface area contributed by atoms with Crippen molar-refractivity contribution in [1.29, 1.82) is 0 Å². The topological polar surface area (TPSA) is 85.3 Å². The van der Waals surface area contributed by atoms with Crippen LogP contribution < -0.4 is 0 Å². The predicted octanol–water partition coefficient (Wildman–Crippen LogP) is 7.47. The number of carbonyl (C=O) groups excluding carboxylic acids is 1. The maximum absolute atomic E-state index is 14.8. The molecule has 2 aromatic carbocycles. The van der Waals surface area contributed by atoms with Crippen molar-refractivity contribution in [3.05, 3.63) is 129 Å². The molecule has 5 rings (SSSR count). The van der Waals surface area contributed by atoms with Gasteiger partial charge in [-0.05, 0) is 97.4 Å². The van der Waals surface area contributed by atoms with Gasteiger partial charge in [0.1, 0.15) is 0 Å². The molecule has 0 bridgehead atoms. The number of sulfone groups is 2. The monoisotopic (exact) mass is 614 g/mol. The third-order valence-electron chi connectivity index (χ3n) is 8.51. The smallest absolute Gasteiger partial charge is 0.192 e. The number of unbranched alkanes of at least 4 members (excludes halogenated alkanes) is 1. The molecule has 0 aliphatic heterocycles. The third-order valence-corrected chi connectivity index (χ3v) is 12.2. The number of hydrogen-bond donors (Lipinski definition) is 0. The van der Waals surface area contributed by atoms with Gasteiger partial charge in [0.25, 0.3) is 0 Å². The molecule has 0 fully saturated rings. The fourth-order valence-electron chi connectivity index (χ4n) is 6.76. The van der Waals surface area contributed by atoms with E-state index in [4.69, 9.17) is 0 Å². The first-order valence-electron chi connectivity index (χ1n) is 14.7. The van der Waals surface area contributed by atoms with E-state index in [0.717, 1.165) is 40.7 Å². The fraction of sp³-hybridized carbons (Fsp3) is 0.306. The average molecular weight is 615 g/mol. The van der Waals surface area contributed by atoms with Gasteiger partial charge in [0.2, 0.25) is 0 Å². The van der Waals surface area contributed by atoms with Crippen LogP contribution >= 0.6 is 0 Å². The van der Waals surface area contributed by atoms with Crippen LogP contribution in [0.15, 0.2) is 139 Å². The van der Waals surface area contributed by atoms with Crippen LogP contribution in [0.5, 0.6) is 0 Å². The Balaban J connectivity index is 1.91. The van der Waals surface area contributed by atoms with E-state index in [1.165, 1.54) is 24.3 Å². The number of hydrogen-bond acceptors (Lipinski definition) is 5. The van der Waals surface area contributed by atoms with Crippen LogP contribution in [0.4, 0.5) is 0 Å². The molecule has 5 nitrogen and oxygen atoms in total. The number of benzene rings is 2. The van der Waals surface area contributed by atoms with Gasteiger partial charge in [-0.15, -0.1) is 0 Å². The Morgan fingerprint density at radius 1 is 0.721 bits per heavy atom. The molecule has 7 heteroatoms. The first kappa shape index (κ1) is 30.9. The Hall–Kier alpha value is -3.55. The molecule has 0 amide bonds. The van der Waals surface area contributed by atoms with Crippen molar-refractivity contribution >= 4 is 25.5 Å². The lowest BCUT2D eigenvalue weighted by atomic mass is 9.85. The molecule has 43 heavy (non-hydrogen) atoms. The van der Waals surface area contributed by atoms with Gasteiger partial charge in [0.15, 0.2) is 30.7 Å². The summed E-state index contributed by atoms with van der Waals surface area (Å²) in [7, 11) is -8.27. The van der Waals surface area contributed by atoms with E-state index in [-0.39, 0.29) is 21.3 Å². The Kier molecular flexibility index (Phi) is 8.52. The molecule has 0 N–H and O–H groups in total. The Morgan fingerprint density at radius 2 is 1.33 bits per heavy atom. The van der Waals surface area contributed by atoms with Crippen molar-refractivity contribution in [2.45, 2.75) is 68.9 Å². The van der Waals surface area contributed by atoms with E-state index in [1.807, 2.05) is 33.8 Å². The molecule has 2 aromatic rings. The number of ketones is 1. The van der Waals surface area contributed by atoms with Gasteiger partial charge in [-0.25, -0.2) is 16.8 Å². The van der Waals surface area contributed by atoms with Crippen LogP contribution in [-0.2, 0) is 24.5 Å². The molecule has 3 aliphatic carbocycles. The molecule has 0 unspecified atom stereocenters. The molecular weight excluding hydrogens is 577 g/mol. The lowest BCUT2D eigenvalue weighted by Gasteiger charge is -2.19. The maximum atomic E-state index is 14.8.